The quantitative estimate of drug-likeness (QED) is 0.774. The first-order valence-electron chi connectivity index (χ1n) is 7.04. The fourth-order valence-electron chi connectivity index (χ4n) is 2.40. The monoisotopic (exact) mass is 350 g/mol. The molecule has 3 aromatic rings. The average molecular weight is 351 g/mol. The van der Waals surface area contributed by atoms with E-state index in [-0.39, 0.29) is 12.4 Å². The zero-order valence-corrected chi connectivity index (χ0v) is 14.0. The van der Waals surface area contributed by atoms with Crippen LogP contribution in [0.15, 0.2) is 23.0 Å². The molecule has 3 aromatic heterocycles. The summed E-state index contributed by atoms with van der Waals surface area (Å²) in [6, 6.07) is 1.77. The first-order valence-corrected chi connectivity index (χ1v) is 7.86. The van der Waals surface area contributed by atoms with Crippen LogP contribution in [0.1, 0.15) is 30.8 Å². The predicted octanol–water partition coefficient (Wildman–Crippen LogP) is 2.72. The van der Waals surface area contributed by atoms with Gasteiger partial charge in [0.05, 0.1) is 11.2 Å². The molecule has 2 N–H and O–H groups in total. The molecule has 120 valence electrons. The van der Waals surface area contributed by atoms with Crippen LogP contribution in [0.5, 0.6) is 0 Å². The molecule has 0 bridgehead atoms. The van der Waals surface area contributed by atoms with Crippen molar-refractivity contribution in [3.8, 4) is 21.6 Å². The maximum absolute atomic E-state index is 6.23. The van der Waals surface area contributed by atoms with Gasteiger partial charge in [0.15, 0.2) is 16.7 Å². The number of nitrogens with zero attached hydrogens (tertiary/aromatic N) is 5. The predicted molar refractivity (Wildman–Crippen MR) is 88.1 cm³/mol. The second kappa shape index (κ2) is 5.95. The van der Waals surface area contributed by atoms with Gasteiger partial charge in [-0.1, -0.05) is 5.16 Å². The molecule has 0 aromatic carbocycles. The summed E-state index contributed by atoms with van der Waals surface area (Å²) >= 11 is 1.44. The van der Waals surface area contributed by atoms with Gasteiger partial charge in [0.2, 0.25) is 0 Å². The second-order valence-electron chi connectivity index (χ2n) is 5.44. The summed E-state index contributed by atoms with van der Waals surface area (Å²) < 4.78 is 5.39. The van der Waals surface area contributed by atoms with E-state index in [4.69, 9.17) is 10.3 Å². The second-order valence-corrected chi connectivity index (χ2v) is 6.44. The molecular weight excluding hydrogens is 336 g/mol. The van der Waals surface area contributed by atoms with Crippen LogP contribution in [0.4, 0.5) is 0 Å². The third-order valence-electron chi connectivity index (χ3n) is 3.87. The van der Waals surface area contributed by atoms with Crippen molar-refractivity contribution < 1.29 is 4.52 Å². The Hall–Kier alpha value is -1.90. The van der Waals surface area contributed by atoms with E-state index in [1.54, 1.807) is 18.5 Å². The Morgan fingerprint density at radius 3 is 2.61 bits per heavy atom. The van der Waals surface area contributed by atoms with E-state index >= 15 is 0 Å². The molecule has 1 fully saturated rings. The zero-order chi connectivity index (χ0) is 15.2. The molecule has 23 heavy (non-hydrogen) atoms. The molecule has 7 nitrogen and oxygen atoms in total. The van der Waals surface area contributed by atoms with E-state index in [9.17, 15) is 0 Å². The number of hydrogen-bond donors (Lipinski definition) is 1. The van der Waals surface area contributed by atoms with Gasteiger partial charge < -0.3 is 10.3 Å². The number of nitrogens with two attached hydrogens (primary N) is 1. The molecule has 4 rings (SSSR count). The maximum atomic E-state index is 6.23. The Bertz CT molecular complexity index is 814. The maximum Gasteiger partial charge on any atom is 0.270 e. The number of hydrogen-bond acceptors (Lipinski definition) is 8. The molecule has 3 heterocycles. The summed E-state index contributed by atoms with van der Waals surface area (Å²) in [5.41, 5.74) is 6.63. The topological polar surface area (TPSA) is 104 Å². The summed E-state index contributed by atoms with van der Waals surface area (Å²) in [6.45, 7) is 1.91. The Morgan fingerprint density at radius 2 is 1.96 bits per heavy atom. The highest BCUT2D eigenvalue weighted by Crippen LogP contribution is 2.39. The van der Waals surface area contributed by atoms with Gasteiger partial charge in [-0.2, -0.15) is 4.98 Å². The van der Waals surface area contributed by atoms with Gasteiger partial charge in [0.1, 0.15) is 4.88 Å². The minimum atomic E-state index is -0.425. The van der Waals surface area contributed by atoms with E-state index in [1.165, 1.54) is 11.3 Å². The zero-order valence-electron chi connectivity index (χ0n) is 12.4. The van der Waals surface area contributed by atoms with Gasteiger partial charge in [-0.15, -0.1) is 23.7 Å². The first-order chi connectivity index (χ1) is 10.7. The number of rotatable bonds is 3. The smallest absolute Gasteiger partial charge is 0.270 e. The normalized spacial score (nSPS) is 15.7. The largest absolute Gasteiger partial charge is 0.333 e. The fourth-order valence-corrected chi connectivity index (χ4v) is 3.34. The highest BCUT2D eigenvalue weighted by molar-refractivity contribution is 7.18. The van der Waals surface area contributed by atoms with Gasteiger partial charge in [0.25, 0.3) is 5.89 Å². The van der Waals surface area contributed by atoms with Crippen LogP contribution in [-0.2, 0) is 5.54 Å². The van der Waals surface area contributed by atoms with Gasteiger partial charge in [0, 0.05) is 12.4 Å². The highest BCUT2D eigenvalue weighted by atomic mass is 35.5. The van der Waals surface area contributed by atoms with Gasteiger partial charge in [-0.25, -0.2) is 15.0 Å². The summed E-state index contributed by atoms with van der Waals surface area (Å²) in [4.78, 5) is 18.2. The van der Waals surface area contributed by atoms with E-state index in [1.807, 2.05) is 6.92 Å². The van der Waals surface area contributed by atoms with Crippen molar-refractivity contribution in [2.24, 2.45) is 5.73 Å². The van der Waals surface area contributed by atoms with Gasteiger partial charge >= 0.3 is 0 Å². The lowest BCUT2D eigenvalue weighted by atomic mass is 9.77. The molecule has 1 aliphatic carbocycles. The lowest BCUT2D eigenvalue weighted by molar-refractivity contribution is 0.229. The lowest BCUT2D eigenvalue weighted by Crippen LogP contribution is -2.44. The SMILES string of the molecule is Cc1nc(-c2ncccn2)sc1-c1nc(C2(N)CCC2)no1.Cl. The van der Waals surface area contributed by atoms with E-state index in [0.717, 1.165) is 34.8 Å². The first kappa shape index (κ1) is 16.0. The molecule has 0 unspecified atom stereocenters. The fraction of sp³-hybridized carbons (Fsp3) is 0.357. The van der Waals surface area contributed by atoms with Crippen molar-refractivity contribution in [2.75, 3.05) is 0 Å². The third kappa shape index (κ3) is 2.73. The minimum absolute atomic E-state index is 0. The van der Waals surface area contributed by atoms with Crippen molar-refractivity contribution in [3.63, 3.8) is 0 Å². The van der Waals surface area contributed by atoms with Crippen molar-refractivity contribution in [2.45, 2.75) is 31.7 Å². The summed E-state index contributed by atoms with van der Waals surface area (Å²) in [7, 11) is 0. The van der Waals surface area contributed by atoms with Crippen molar-refractivity contribution in [3.05, 3.63) is 30.0 Å². The molecule has 1 aliphatic rings. The van der Waals surface area contributed by atoms with Gasteiger partial charge in [-0.05, 0) is 32.3 Å². The molecule has 0 spiro atoms. The third-order valence-corrected chi connectivity index (χ3v) is 5.01. The molecule has 9 heteroatoms. The molecular formula is C14H15ClN6OS. The van der Waals surface area contributed by atoms with Crippen LogP contribution in [-0.4, -0.2) is 25.1 Å². The van der Waals surface area contributed by atoms with E-state index in [0.29, 0.717) is 17.5 Å². The van der Waals surface area contributed by atoms with E-state index in [2.05, 4.69) is 25.1 Å². The summed E-state index contributed by atoms with van der Waals surface area (Å²) in [6.07, 6.45) is 6.29. The number of aromatic nitrogens is 5. The Balaban J connectivity index is 0.00000156. The average Bonchev–Trinajstić information content (AvgIpc) is 3.12. The molecule has 0 amide bonds. The van der Waals surface area contributed by atoms with Crippen molar-refractivity contribution in [1.82, 2.24) is 25.1 Å². The lowest BCUT2D eigenvalue weighted by Gasteiger charge is -2.34. The Kier molecular flexibility index (Phi) is 4.13. The molecule has 0 atom stereocenters. The van der Waals surface area contributed by atoms with Crippen LogP contribution in [0, 0.1) is 6.92 Å². The number of aryl methyl sites for hydroxylation is 1. The van der Waals surface area contributed by atoms with E-state index < -0.39 is 5.54 Å². The van der Waals surface area contributed by atoms with Crippen LogP contribution in [0.25, 0.3) is 21.6 Å². The molecule has 1 saturated carbocycles. The number of halogens is 1. The van der Waals surface area contributed by atoms with Crippen LogP contribution < -0.4 is 5.73 Å². The van der Waals surface area contributed by atoms with Crippen LogP contribution >= 0.6 is 23.7 Å². The van der Waals surface area contributed by atoms with Crippen LogP contribution in [0.3, 0.4) is 0 Å². The standard InChI is InChI=1S/C14H14N6OS.ClH/c1-8-9(22-12(18-8)10-16-6-3-7-17-10)11-19-13(20-21-11)14(15)4-2-5-14;/h3,6-7H,2,4-5,15H2,1H3;1H. The summed E-state index contributed by atoms with van der Waals surface area (Å²) in [5, 5.41) is 4.78. The number of thiazole rings is 1. The molecule has 0 saturated heterocycles. The van der Waals surface area contributed by atoms with Gasteiger partial charge in [-0.3, -0.25) is 0 Å². The van der Waals surface area contributed by atoms with Crippen LogP contribution in [0.2, 0.25) is 0 Å². The van der Waals surface area contributed by atoms with Crippen molar-refractivity contribution >= 4 is 23.7 Å². The highest BCUT2D eigenvalue weighted by Gasteiger charge is 2.39. The Morgan fingerprint density at radius 1 is 1.22 bits per heavy atom. The summed E-state index contributed by atoms with van der Waals surface area (Å²) in [5.74, 6) is 1.64. The van der Waals surface area contributed by atoms with Crippen molar-refractivity contribution in [1.29, 1.82) is 0 Å². The Labute approximate surface area is 142 Å². The minimum Gasteiger partial charge on any atom is -0.333 e. The molecule has 0 radical (unpaired) electrons. The molecule has 0 aliphatic heterocycles.